The number of benzene rings is 1. The van der Waals surface area contributed by atoms with Gasteiger partial charge in [0, 0.05) is 18.3 Å². The van der Waals surface area contributed by atoms with Crippen molar-refractivity contribution >= 4 is 21.6 Å². The monoisotopic (exact) mass is 228 g/mol. The van der Waals surface area contributed by atoms with E-state index in [4.69, 9.17) is 0 Å². The van der Waals surface area contributed by atoms with E-state index in [-0.39, 0.29) is 5.91 Å². The van der Waals surface area contributed by atoms with Gasteiger partial charge in [-0.15, -0.1) is 0 Å². The topological polar surface area (TPSA) is 75.3 Å². The molecule has 6 heteroatoms. The summed E-state index contributed by atoms with van der Waals surface area (Å²) in [4.78, 5) is 11.2. The van der Waals surface area contributed by atoms with Gasteiger partial charge in [-0.05, 0) is 18.2 Å². The van der Waals surface area contributed by atoms with Gasteiger partial charge >= 0.3 is 0 Å². The molecule has 0 saturated heterocycles. The lowest BCUT2D eigenvalue weighted by molar-refractivity contribution is 0.0963. The average molecular weight is 228 g/mol. The van der Waals surface area contributed by atoms with E-state index < -0.39 is 10.0 Å². The summed E-state index contributed by atoms with van der Waals surface area (Å²) in [6.45, 7) is 0. The lowest BCUT2D eigenvalue weighted by atomic mass is 10.2. The first-order valence-corrected chi connectivity index (χ1v) is 6.11. The Labute approximate surface area is 88.5 Å². The van der Waals surface area contributed by atoms with E-state index >= 15 is 0 Å². The summed E-state index contributed by atoms with van der Waals surface area (Å²) in [5, 5.41) is 2.46. The highest BCUT2D eigenvalue weighted by Crippen LogP contribution is 2.11. The van der Waals surface area contributed by atoms with Gasteiger partial charge in [0.05, 0.1) is 6.26 Å². The maximum absolute atomic E-state index is 11.2. The average Bonchev–Trinajstić information content (AvgIpc) is 2.14. The van der Waals surface area contributed by atoms with Crippen LogP contribution in [0.4, 0.5) is 5.69 Å². The smallest absolute Gasteiger partial charge is 0.251 e. The lowest BCUT2D eigenvalue weighted by Gasteiger charge is -2.05. The van der Waals surface area contributed by atoms with Gasteiger partial charge in [-0.25, -0.2) is 8.42 Å². The van der Waals surface area contributed by atoms with Gasteiger partial charge in [0.2, 0.25) is 10.0 Å². The van der Waals surface area contributed by atoms with Crippen LogP contribution in [0, 0.1) is 0 Å². The Morgan fingerprint density at radius 2 is 2.00 bits per heavy atom. The predicted molar refractivity (Wildman–Crippen MR) is 58.3 cm³/mol. The maximum atomic E-state index is 11.2. The number of rotatable bonds is 3. The van der Waals surface area contributed by atoms with E-state index in [1.54, 1.807) is 18.2 Å². The molecule has 1 rings (SSSR count). The molecule has 0 fully saturated rings. The maximum Gasteiger partial charge on any atom is 0.251 e. The van der Waals surface area contributed by atoms with Crippen molar-refractivity contribution in [3.05, 3.63) is 29.8 Å². The Morgan fingerprint density at radius 3 is 2.53 bits per heavy atom. The Morgan fingerprint density at radius 1 is 1.33 bits per heavy atom. The number of nitrogens with one attached hydrogen (secondary N) is 2. The van der Waals surface area contributed by atoms with Gasteiger partial charge in [0.25, 0.3) is 5.91 Å². The lowest BCUT2D eigenvalue weighted by Crippen LogP contribution is -2.18. The van der Waals surface area contributed by atoms with Crippen LogP contribution in [-0.2, 0) is 10.0 Å². The molecule has 2 N–H and O–H groups in total. The number of hydrogen-bond donors (Lipinski definition) is 2. The summed E-state index contributed by atoms with van der Waals surface area (Å²) < 4.78 is 24.2. The van der Waals surface area contributed by atoms with E-state index in [1.165, 1.54) is 13.1 Å². The zero-order valence-corrected chi connectivity index (χ0v) is 9.26. The Bertz CT molecular complexity index is 468. The molecule has 1 aromatic rings. The minimum absolute atomic E-state index is 0.257. The van der Waals surface area contributed by atoms with Crippen molar-refractivity contribution in [2.75, 3.05) is 18.0 Å². The van der Waals surface area contributed by atoms with Gasteiger partial charge in [0.15, 0.2) is 0 Å². The SMILES string of the molecule is CNC(=O)c1cccc(NS(C)(=O)=O)c1. The van der Waals surface area contributed by atoms with Gasteiger partial charge in [0.1, 0.15) is 0 Å². The van der Waals surface area contributed by atoms with Crippen molar-refractivity contribution in [1.82, 2.24) is 5.32 Å². The summed E-state index contributed by atoms with van der Waals surface area (Å²) in [6.07, 6.45) is 1.06. The van der Waals surface area contributed by atoms with Crippen LogP contribution < -0.4 is 10.0 Å². The first-order chi connectivity index (χ1) is 6.92. The largest absolute Gasteiger partial charge is 0.355 e. The first-order valence-electron chi connectivity index (χ1n) is 4.22. The van der Waals surface area contributed by atoms with Crippen molar-refractivity contribution in [1.29, 1.82) is 0 Å². The molecule has 5 nitrogen and oxygen atoms in total. The van der Waals surface area contributed by atoms with Crippen molar-refractivity contribution in [3.63, 3.8) is 0 Å². The van der Waals surface area contributed by atoms with Crippen LogP contribution in [-0.4, -0.2) is 27.6 Å². The third-order valence-corrected chi connectivity index (χ3v) is 2.26. The summed E-state index contributed by atoms with van der Waals surface area (Å²) in [7, 11) is -1.80. The van der Waals surface area contributed by atoms with Crippen LogP contribution in [0.15, 0.2) is 24.3 Å². The van der Waals surface area contributed by atoms with Crippen LogP contribution in [0.1, 0.15) is 10.4 Å². The summed E-state index contributed by atoms with van der Waals surface area (Å²) in [5.74, 6) is -0.257. The molecule has 0 aliphatic carbocycles. The van der Waals surface area contributed by atoms with Crippen LogP contribution >= 0.6 is 0 Å². The number of amides is 1. The summed E-state index contributed by atoms with van der Waals surface area (Å²) in [6, 6.07) is 6.26. The van der Waals surface area contributed by atoms with Crippen LogP contribution in [0.2, 0.25) is 0 Å². The fraction of sp³-hybridized carbons (Fsp3) is 0.222. The molecule has 0 bridgehead atoms. The van der Waals surface area contributed by atoms with Gasteiger partial charge in [-0.3, -0.25) is 9.52 Å². The molecule has 82 valence electrons. The van der Waals surface area contributed by atoms with E-state index in [0.717, 1.165) is 6.26 Å². The molecular formula is C9H12N2O3S. The standard InChI is InChI=1S/C9H12N2O3S/c1-10-9(12)7-4-3-5-8(6-7)11-15(2,13)14/h3-6,11H,1-2H3,(H,10,12). The molecule has 0 saturated carbocycles. The number of carbonyl (C=O) groups is 1. The molecule has 0 aliphatic rings. The van der Waals surface area contributed by atoms with Crippen molar-refractivity contribution in [2.24, 2.45) is 0 Å². The van der Waals surface area contributed by atoms with E-state index in [0.29, 0.717) is 11.3 Å². The van der Waals surface area contributed by atoms with Crippen molar-refractivity contribution < 1.29 is 13.2 Å². The highest BCUT2D eigenvalue weighted by Gasteiger charge is 2.06. The molecule has 0 spiro atoms. The Balaban J connectivity index is 2.98. The normalized spacial score (nSPS) is 10.8. The molecule has 0 radical (unpaired) electrons. The number of anilines is 1. The van der Waals surface area contributed by atoms with Crippen LogP contribution in [0.5, 0.6) is 0 Å². The van der Waals surface area contributed by atoms with Crippen LogP contribution in [0.25, 0.3) is 0 Å². The first kappa shape index (κ1) is 11.5. The predicted octanol–water partition coefficient (Wildman–Crippen LogP) is 0.418. The summed E-state index contributed by atoms with van der Waals surface area (Å²) >= 11 is 0. The van der Waals surface area contributed by atoms with Gasteiger partial charge in [-0.2, -0.15) is 0 Å². The molecule has 1 aromatic carbocycles. The molecule has 1 amide bonds. The molecule has 0 aliphatic heterocycles. The van der Waals surface area contributed by atoms with Crippen molar-refractivity contribution in [3.8, 4) is 0 Å². The second-order valence-corrected chi connectivity index (χ2v) is 4.78. The molecular weight excluding hydrogens is 216 g/mol. The quantitative estimate of drug-likeness (QED) is 0.787. The molecule has 0 aromatic heterocycles. The summed E-state index contributed by atoms with van der Waals surface area (Å²) in [5.41, 5.74) is 0.782. The molecule has 15 heavy (non-hydrogen) atoms. The molecule has 0 heterocycles. The third kappa shape index (κ3) is 3.59. The second-order valence-electron chi connectivity index (χ2n) is 3.03. The highest BCUT2D eigenvalue weighted by molar-refractivity contribution is 7.92. The van der Waals surface area contributed by atoms with E-state index in [2.05, 4.69) is 10.0 Å². The minimum Gasteiger partial charge on any atom is -0.355 e. The van der Waals surface area contributed by atoms with Gasteiger partial charge in [-0.1, -0.05) is 6.07 Å². The zero-order chi connectivity index (χ0) is 11.5. The molecule has 0 atom stereocenters. The number of carbonyl (C=O) groups excluding carboxylic acids is 1. The van der Waals surface area contributed by atoms with Crippen LogP contribution in [0.3, 0.4) is 0 Å². The second kappa shape index (κ2) is 4.31. The Kier molecular flexibility index (Phi) is 3.31. The highest BCUT2D eigenvalue weighted by atomic mass is 32.2. The van der Waals surface area contributed by atoms with E-state index in [1.807, 2.05) is 0 Å². The fourth-order valence-electron chi connectivity index (χ4n) is 1.08. The number of hydrogen-bond acceptors (Lipinski definition) is 3. The minimum atomic E-state index is -3.31. The van der Waals surface area contributed by atoms with Crippen molar-refractivity contribution in [2.45, 2.75) is 0 Å². The zero-order valence-electron chi connectivity index (χ0n) is 8.44. The molecule has 0 unspecified atom stereocenters. The van der Waals surface area contributed by atoms with Gasteiger partial charge < -0.3 is 5.32 Å². The third-order valence-electron chi connectivity index (χ3n) is 1.66. The fourth-order valence-corrected chi connectivity index (χ4v) is 1.64. The van der Waals surface area contributed by atoms with E-state index in [9.17, 15) is 13.2 Å². The number of sulfonamides is 1. The Hall–Kier alpha value is -1.56.